The van der Waals surface area contributed by atoms with Crippen molar-refractivity contribution in [3.63, 3.8) is 0 Å². The van der Waals surface area contributed by atoms with E-state index in [4.69, 9.17) is 11.6 Å². The summed E-state index contributed by atoms with van der Waals surface area (Å²) in [5, 5.41) is 0. The van der Waals surface area contributed by atoms with Crippen molar-refractivity contribution in [2.45, 2.75) is 12.7 Å². The molecule has 10 heteroatoms. The van der Waals surface area contributed by atoms with Crippen LogP contribution in [0.1, 0.15) is 4.88 Å². The lowest BCUT2D eigenvalue weighted by Gasteiger charge is -2.23. The van der Waals surface area contributed by atoms with Crippen molar-refractivity contribution >= 4 is 34.9 Å². The summed E-state index contributed by atoms with van der Waals surface area (Å²) < 4.78 is 42.3. The van der Waals surface area contributed by atoms with Crippen molar-refractivity contribution in [1.82, 2.24) is 9.88 Å². The van der Waals surface area contributed by atoms with Gasteiger partial charge in [-0.2, -0.15) is 18.2 Å². The summed E-state index contributed by atoms with van der Waals surface area (Å²) in [6.45, 7) is -1.57. The predicted molar refractivity (Wildman–Crippen MR) is 62.4 cm³/mol. The van der Waals surface area contributed by atoms with E-state index in [1.807, 2.05) is 0 Å². The number of nitrogens with zero attached hydrogens (tertiary/aromatic N) is 3. The van der Waals surface area contributed by atoms with Gasteiger partial charge in [0.25, 0.3) is 0 Å². The molecule has 0 atom stereocenters. The minimum atomic E-state index is -4.41. The highest BCUT2D eigenvalue weighted by Crippen LogP contribution is 2.23. The second kappa shape index (κ2) is 5.33. The van der Waals surface area contributed by atoms with Crippen LogP contribution in [0.3, 0.4) is 0 Å². The quantitative estimate of drug-likeness (QED) is 0.861. The number of cyclic esters (lactones) is 1. The summed E-state index contributed by atoms with van der Waals surface area (Å²) in [5.74, 6) is -0.0492. The molecule has 1 aliphatic heterocycles. The summed E-state index contributed by atoms with van der Waals surface area (Å²) in [6, 6.07) is 0. The molecule has 0 saturated carbocycles. The number of halogens is 4. The number of carbonyl (C=O) groups excluding carboxylic acids is 1. The zero-order valence-corrected chi connectivity index (χ0v) is 10.8. The Morgan fingerprint density at radius 1 is 1.53 bits per heavy atom. The molecule has 2 heterocycles. The van der Waals surface area contributed by atoms with Gasteiger partial charge in [0.05, 0.1) is 6.54 Å². The van der Waals surface area contributed by atoms with Crippen LogP contribution in [-0.4, -0.2) is 41.1 Å². The summed E-state index contributed by atoms with van der Waals surface area (Å²) >= 11 is 6.68. The molecule has 0 saturated heterocycles. The minimum Gasteiger partial charge on any atom is -0.440 e. The first kappa shape index (κ1) is 14.1. The van der Waals surface area contributed by atoms with Gasteiger partial charge < -0.3 is 9.64 Å². The summed E-state index contributed by atoms with van der Waals surface area (Å²) in [5.41, 5.74) is 0. The van der Waals surface area contributed by atoms with E-state index < -0.39 is 18.8 Å². The van der Waals surface area contributed by atoms with E-state index >= 15 is 0 Å². The van der Waals surface area contributed by atoms with Gasteiger partial charge in [-0.25, -0.2) is 9.78 Å². The first-order valence-corrected chi connectivity index (χ1v) is 6.19. The molecule has 1 aromatic rings. The molecule has 0 radical (unpaired) electrons. The van der Waals surface area contributed by atoms with Crippen LogP contribution >= 0.6 is 22.9 Å². The van der Waals surface area contributed by atoms with E-state index in [0.717, 1.165) is 16.2 Å². The first-order chi connectivity index (χ1) is 8.83. The molecular weight excluding hydrogens is 307 g/mol. The van der Waals surface area contributed by atoms with E-state index in [2.05, 4.69) is 14.7 Å². The van der Waals surface area contributed by atoms with Gasteiger partial charge in [0.15, 0.2) is 16.9 Å². The van der Waals surface area contributed by atoms with E-state index in [0.29, 0.717) is 4.88 Å². The van der Waals surface area contributed by atoms with Crippen LogP contribution in [0, 0.1) is 0 Å². The number of ether oxygens (including phenoxy) is 1. The number of alkyl halides is 3. The highest BCUT2D eigenvalue weighted by atomic mass is 35.5. The highest BCUT2D eigenvalue weighted by Gasteiger charge is 2.34. The Bertz CT molecular complexity index is 517. The van der Waals surface area contributed by atoms with Crippen molar-refractivity contribution < 1.29 is 22.7 Å². The Hall–Kier alpha value is -1.35. The topological polar surface area (TPSA) is 54.8 Å². The lowest BCUT2D eigenvalue weighted by molar-refractivity contribution is -0.138. The SMILES string of the molecule is O=C1N=C(N(Cc2cnc(Cl)s2)CC(F)(F)F)CO1. The second-order valence-corrected chi connectivity index (χ2v) is 5.33. The smallest absolute Gasteiger partial charge is 0.435 e. The predicted octanol–water partition coefficient (Wildman–Crippen LogP) is 2.71. The summed E-state index contributed by atoms with van der Waals surface area (Å²) in [7, 11) is 0. The zero-order valence-electron chi connectivity index (χ0n) is 9.28. The van der Waals surface area contributed by atoms with E-state index in [1.165, 1.54) is 6.20 Å². The molecule has 19 heavy (non-hydrogen) atoms. The van der Waals surface area contributed by atoms with Crippen molar-refractivity contribution in [3.05, 3.63) is 15.5 Å². The Morgan fingerprint density at radius 3 is 2.74 bits per heavy atom. The van der Waals surface area contributed by atoms with Crippen molar-refractivity contribution in [1.29, 1.82) is 0 Å². The van der Waals surface area contributed by atoms with E-state index in [-0.39, 0.29) is 23.5 Å². The number of aliphatic imine (C=N–C) groups is 1. The fraction of sp³-hybridized carbons (Fsp3) is 0.444. The monoisotopic (exact) mass is 313 g/mol. The van der Waals surface area contributed by atoms with Gasteiger partial charge in [0.1, 0.15) is 6.54 Å². The number of thiazole rings is 1. The molecule has 0 N–H and O–H groups in total. The van der Waals surface area contributed by atoms with Crippen LogP contribution in [0.25, 0.3) is 0 Å². The molecule has 1 amide bonds. The summed E-state index contributed by atoms with van der Waals surface area (Å²) in [6.07, 6.45) is -3.92. The Kier molecular flexibility index (Phi) is 3.95. The normalized spacial score (nSPS) is 15.4. The number of amides is 1. The van der Waals surface area contributed by atoms with Gasteiger partial charge in [-0.3, -0.25) is 0 Å². The average Bonchev–Trinajstić information content (AvgIpc) is 2.85. The minimum absolute atomic E-state index is 0.0492. The van der Waals surface area contributed by atoms with Crippen LogP contribution in [0.15, 0.2) is 11.2 Å². The number of aromatic nitrogens is 1. The van der Waals surface area contributed by atoms with Gasteiger partial charge in [-0.05, 0) is 0 Å². The van der Waals surface area contributed by atoms with Crippen molar-refractivity contribution in [2.75, 3.05) is 13.2 Å². The maximum Gasteiger partial charge on any atom is 0.435 e. The Morgan fingerprint density at radius 2 is 2.26 bits per heavy atom. The highest BCUT2D eigenvalue weighted by molar-refractivity contribution is 7.15. The molecule has 1 aromatic heterocycles. The first-order valence-electron chi connectivity index (χ1n) is 5.00. The van der Waals surface area contributed by atoms with Gasteiger partial charge in [-0.15, -0.1) is 11.3 Å². The third-order valence-corrected chi connectivity index (χ3v) is 3.25. The maximum absolute atomic E-state index is 12.5. The second-order valence-electron chi connectivity index (χ2n) is 3.63. The molecule has 0 fully saturated rings. The average molecular weight is 314 g/mol. The standard InChI is InChI=1S/C9H7ClF3N3O2S/c10-7-14-1-5(19-7)2-16(4-9(11,12)13)6-3-18-8(17)15-6/h1H,2-4H2. The largest absolute Gasteiger partial charge is 0.440 e. The zero-order chi connectivity index (χ0) is 14.0. The van der Waals surface area contributed by atoms with Crippen LogP contribution in [-0.2, 0) is 11.3 Å². The van der Waals surface area contributed by atoms with Crippen LogP contribution in [0.5, 0.6) is 0 Å². The molecule has 5 nitrogen and oxygen atoms in total. The fourth-order valence-corrected chi connectivity index (χ4v) is 2.45. The molecule has 0 spiro atoms. The summed E-state index contributed by atoms with van der Waals surface area (Å²) in [4.78, 5) is 19.4. The lowest BCUT2D eigenvalue weighted by atomic mass is 10.4. The maximum atomic E-state index is 12.5. The van der Waals surface area contributed by atoms with Crippen LogP contribution in [0.2, 0.25) is 4.47 Å². The van der Waals surface area contributed by atoms with Crippen molar-refractivity contribution in [3.8, 4) is 0 Å². The van der Waals surface area contributed by atoms with E-state index in [1.54, 1.807) is 0 Å². The third kappa shape index (κ3) is 4.06. The van der Waals surface area contributed by atoms with Gasteiger partial charge in [-0.1, -0.05) is 11.6 Å². The lowest BCUT2D eigenvalue weighted by Crippen LogP contribution is -2.39. The molecule has 2 rings (SSSR count). The van der Waals surface area contributed by atoms with Gasteiger partial charge in [0.2, 0.25) is 0 Å². The fourth-order valence-electron chi connectivity index (χ4n) is 1.46. The third-order valence-electron chi connectivity index (χ3n) is 2.15. The van der Waals surface area contributed by atoms with E-state index in [9.17, 15) is 18.0 Å². The van der Waals surface area contributed by atoms with Gasteiger partial charge >= 0.3 is 12.3 Å². The Balaban J connectivity index is 2.14. The molecular formula is C9H7ClF3N3O2S. The number of hydrogen-bond donors (Lipinski definition) is 0. The molecule has 0 aliphatic carbocycles. The van der Waals surface area contributed by atoms with Crippen molar-refractivity contribution in [2.24, 2.45) is 4.99 Å². The number of amidine groups is 1. The number of hydrogen-bond acceptors (Lipinski definition) is 5. The molecule has 1 aliphatic rings. The van der Waals surface area contributed by atoms with Crippen LogP contribution < -0.4 is 0 Å². The number of rotatable bonds is 3. The molecule has 104 valence electrons. The molecule has 0 bridgehead atoms. The molecule has 0 unspecified atom stereocenters. The Labute approximate surface area is 114 Å². The number of carbonyl (C=O) groups is 1. The van der Waals surface area contributed by atoms with Crippen LogP contribution in [0.4, 0.5) is 18.0 Å². The van der Waals surface area contributed by atoms with Gasteiger partial charge in [0, 0.05) is 11.1 Å². The molecule has 0 aromatic carbocycles.